The molecule has 3 aliphatic rings. The molecule has 4 heterocycles. The molecule has 0 aliphatic carbocycles. The predicted octanol–water partition coefficient (Wildman–Crippen LogP) is 1.63. The maximum atomic E-state index is 12.9. The van der Waals surface area contributed by atoms with E-state index >= 15 is 0 Å². The van der Waals surface area contributed by atoms with Crippen LogP contribution in [0.5, 0.6) is 0 Å². The minimum atomic E-state index is 0.105. The molecule has 0 aromatic carbocycles. The Hall–Kier alpha value is -1.70. The third-order valence-corrected chi connectivity index (χ3v) is 6.34. The zero-order valence-corrected chi connectivity index (χ0v) is 16.9. The number of aromatic nitrogens is 1. The molecular formula is C21H32N4O3. The number of likely N-dealkylation sites (tertiary alicyclic amines) is 1. The molecule has 7 nitrogen and oxygen atoms in total. The van der Waals surface area contributed by atoms with Crippen LogP contribution in [0.3, 0.4) is 0 Å². The van der Waals surface area contributed by atoms with E-state index in [0.29, 0.717) is 11.6 Å². The molecule has 0 radical (unpaired) electrons. The number of pyridine rings is 1. The van der Waals surface area contributed by atoms with E-state index in [2.05, 4.69) is 14.8 Å². The van der Waals surface area contributed by atoms with Crippen LogP contribution in [0.15, 0.2) is 18.3 Å². The third kappa shape index (κ3) is 4.47. The smallest absolute Gasteiger partial charge is 0.255 e. The van der Waals surface area contributed by atoms with E-state index < -0.39 is 0 Å². The van der Waals surface area contributed by atoms with Gasteiger partial charge in [0.05, 0.1) is 24.9 Å². The summed E-state index contributed by atoms with van der Waals surface area (Å²) in [6.45, 7) is 7.21. The number of carbonyl (C=O) groups excluding carboxylic acids is 1. The highest BCUT2D eigenvalue weighted by atomic mass is 16.5. The SMILES string of the molecule is COC1CCCN(c2ccc(C(=O)N3CCC(N4CCOCC4)CC3)cn2)C1. The number of amides is 1. The van der Waals surface area contributed by atoms with Gasteiger partial charge in [-0.2, -0.15) is 0 Å². The minimum absolute atomic E-state index is 0.105. The van der Waals surface area contributed by atoms with Crippen LogP contribution in [0.2, 0.25) is 0 Å². The van der Waals surface area contributed by atoms with Crippen molar-refractivity contribution < 1.29 is 14.3 Å². The summed E-state index contributed by atoms with van der Waals surface area (Å²) >= 11 is 0. The van der Waals surface area contributed by atoms with Crippen molar-refractivity contribution in [2.24, 2.45) is 0 Å². The topological polar surface area (TPSA) is 58.1 Å². The van der Waals surface area contributed by atoms with Crippen molar-refractivity contribution in [3.63, 3.8) is 0 Å². The number of piperidine rings is 2. The van der Waals surface area contributed by atoms with Gasteiger partial charge in [0, 0.05) is 58.6 Å². The van der Waals surface area contributed by atoms with Gasteiger partial charge in [-0.1, -0.05) is 0 Å². The van der Waals surface area contributed by atoms with E-state index in [-0.39, 0.29) is 12.0 Å². The van der Waals surface area contributed by atoms with Crippen molar-refractivity contribution in [1.82, 2.24) is 14.8 Å². The number of rotatable bonds is 4. The van der Waals surface area contributed by atoms with Crippen molar-refractivity contribution in [3.8, 4) is 0 Å². The number of methoxy groups -OCH3 is 1. The van der Waals surface area contributed by atoms with E-state index in [1.54, 1.807) is 13.3 Å². The van der Waals surface area contributed by atoms with E-state index in [9.17, 15) is 4.79 Å². The number of ether oxygens (including phenoxy) is 2. The van der Waals surface area contributed by atoms with Gasteiger partial charge in [0.1, 0.15) is 5.82 Å². The Balaban J connectivity index is 1.31. The van der Waals surface area contributed by atoms with E-state index in [1.807, 2.05) is 17.0 Å². The van der Waals surface area contributed by atoms with Crippen molar-refractivity contribution in [1.29, 1.82) is 0 Å². The molecule has 7 heteroatoms. The molecule has 3 saturated heterocycles. The van der Waals surface area contributed by atoms with Crippen LogP contribution in [0, 0.1) is 0 Å². The maximum absolute atomic E-state index is 12.9. The molecule has 3 fully saturated rings. The van der Waals surface area contributed by atoms with Gasteiger partial charge in [0.2, 0.25) is 0 Å². The zero-order chi connectivity index (χ0) is 19.3. The van der Waals surface area contributed by atoms with Crippen molar-refractivity contribution in [2.75, 3.05) is 64.5 Å². The molecule has 1 aromatic heterocycles. The summed E-state index contributed by atoms with van der Waals surface area (Å²) in [6, 6.07) is 4.49. The van der Waals surface area contributed by atoms with Crippen molar-refractivity contribution in [3.05, 3.63) is 23.9 Å². The lowest BCUT2D eigenvalue weighted by Crippen LogP contribution is -2.50. The van der Waals surface area contributed by atoms with E-state index in [4.69, 9.17) is 9.47 Å². The standard InChI is InChI=1S/C21H32N4O3/c1-27-19-3-2-8-25(16-19)20-5-4-17(15-22-20)21(26)24-9-6-18(7-10-24)23-11-13-28-14-12-23/h4-5,15,18-19H,2-3,6-14,16H2,1H3. The number of hydrogen-bond donors (Lipinski definition) is 0. The Morgan fingerprint density at radius 1 is 1.11 bits per heavy atom. The molecule has 1 amide bonds. The van der Waals surface area contributed by atoms with Crippen LogP contribution < -0.4 is 4.90 Å². The van der Waals surface area contributed by atoms with Crippen molar-refractivity contribution >= 4 is 11.7 Å². The quantitative estimate of drug-likeness (QED) is 0.782. The molecular weight excluding hydrogens is 356 g/mol. The van der Waals surface area contributed by atoms with Gasteiger partial charge >= 0.3 is 0 Å². The van der Waals surface area contributed by atoms with Crippen LogP contribution in [0.4, 0.5) is 5.82 Å². The summed E-state index contributed by atoms with van der Waals surface area (Å²) in [5.74, 6) is 1.04. The second-order valence-corrected chi connectivity index (χ2v) is 8.02. The first kappa shape index (κ1) is 19.6. The number of morpholine rings is 1. The highest BCUT2D eigenvalue weighted by Crippen LogP contribution is 2.22. The van der Waals surface area contributed by atoms with Gasteiger partial charge in [-0.25, -0.2) is 4.98 Å². The van der Waals surface area contributed by atoms with E-state index in [1.165, 1.54) is 0 Å². The van der Waals surface area contributed by atoms with E-state index in [0.717, 1.165) is 84.0 Å². The summed E-state index contributed by atoms with van der Waals surface area (Å²) < 4.78 is 10.9. The summed E-state index contributed by atoms with van der Waals surface area (Å²) in [7, 11) is 1.77. The van der Waals surface area contributed by atoms with Gasteiger partial charge < -0.3 is 19.3 Å². The largest absolute Gasteiger partial charge is 0.380 e. The number of nitrogens with zero attached hydrogens (tertiary/aromatic N) is 4. The summed E-state index contributed by atoms with van der Waals surface area (Å²) in [5.41, 5.74) is 0.689. The van der Waals surface area contributed by atoms with Crippen LogP contribution >= 0.6 is 0 Å². The molecule has 1 unspecified atom stereocenters. The molecule has 1 atom stereocenters. The van der Waals surface area contributed by atoms with Crippen LogP contribution in [0.25, 0.3) is 0 Å². The van der Waals surface area contributed by atoms with Crippen molar-refractivity contribution in [2.45, 2.75) is 37.8 Å². The summed E-state index contributed by atoms with van der Waals surface area (Å²) in [4.78, 5) is 24.2. The fraction of sp³-hybridized carbons (Fsp3) is 0.714. The molecule has 3 aliphatic heterocycles. The Kier molecular flexibility index (Phi) is 6.44. The second-order valence-electron chi connectivity index (χ2n) is 8.02. The number of carbonyl (C=O) groups is 1. The van der Waals surface area contributed by atoms with Crippen LogP contribution in [-0.4, -0.2) is 92.4 Å². The monoisotopic (exact) mass is 388 g/mol. The number of anilines is 1. The molecule has 0 N–H and O–H groups in total. The third-order valence-electron chi connectivity index (χ3n) is 6.34. The fourth-order valence-electron chi connectivity index (χ4n) is 4.60. The maximum Gasteiger partial charge on any atom is 0.255 e. The van der Waals surface area contributed by atoms with Gasteiger partial charge in [-0.05, 0) is 37.8 Å². The second kappa shape index (κ2) is 9.20. The molecule has 0 saturated carbocycles. The van der Waals surface area contributed by atoms with Crippen LogP contribution in [-0.2, 0) is 9.47 Å². The molecule has 154 valence electrons. The first-order valence-electron chi connectivity index (χ1n) is 10.6. The Morgan fingerprint density at radius 2 is 1.89 bits per heavy atom. The average Bonchev–Trinajstić information content (AvgIpc) is 2.79. The highest BCUT2D eigenvalue weighted by Gasteiger charge is 2.28. The lowest BCUT2D eigenvalue weighted by Gasteiger charge is -2.40. The van der Waals surface area contributed by atoms with Crippen LogP contribution in [0.1, 0.15) is 36.0 Å². The lowest BCUT2D eigenvalue weighted by molar-refractivity contribution is 0.00158. The molecule has 0 bridgehead atoms. The normalized spacial score (nSPS) is 25.1. The summed E-state index contributed by atoms with van der Waals surface area (Å²) in [6.07, 6.45) is 6.31. The first-order chi connectivity index (χ1) is 13.7. The summed E-state index contributed by atoms with van der Waals surface area (Å²) in [5, 5.41) is 0. The van der Waals surface area contributed by atoms with Gasteiger partial charge in [-0.3, -0.25) is 9.69 Å². The Morgan fingerprint density at radius 3 is 2.57 bits per heavy atom. The molecule has 1 aromatic rings. The number of hydrogen-bond acceptors (Lipinski definition) is 6. The van der Waals surface area contributed by atoms with Gasteiger partial charge in [-0.15, -0.1) is 0 Å². The average molecular weight is 389 g/mol. The predicted molar refractivity (Wildman–Crippen MR) is 108 cm³/mol. The first-order valence-corrected chi connectivity index (χ1v) is 10.6. The zero-order valence-electron chi connectivity index (χ0n) is 16.9. The molecule has 0 spiro atoms. The molecule has 28 heavy (non-hydrogen) atoms. The fourth-order valence-corrected chi connectivity index (χ4v) is 4.60. The Bertz CT molecular complexity index is 640. The van der Waals surface area contributed by atoms with Gasteiger partial charge in [0.25, 0.3) is 5.91 Å². The Labute approximate surface area is 167 Å². The molecule has 4 rings (SSSR count). The lowest BCUT2D eigenvalue weighted by atomic mass is 10.0. The van der Waals surface area contributed by atoms with Gasteiger partial charge in [0.15, 0.2) is 0 Å². The minimum Gasteiger partial charge on any atom is -0.380 e. The highest BCUT2D eigenvalue weighted by molar-refractivity contribution is 5.94.